The standard InChI is InChI=1S/C26H31FN4O5/c1-26(2,3)36-25(33)29-15-18(14-27)16-34-19-10-11-20-22(13-19)35-24(30-20)31-21(23(32)28-4)12-17-8-6-5-7-9-17/h5-11,13-14,21H,12,15-16H2,1-4H3,(H,28,32)(H,29,33)(H,30,31). The lowest BCUT2D eigenvalue weighted by atomic mass is 10.1. The van der Waals surface area contributed by atoms with Crippen molar-refractivity contribution in [1.82, 2.24) is 15.6 Å². The van der Waals surface area contributed by atoms with E-state index in [4.69, 9.17) is 13.9 Å². The third-order valence-corrected chi connectivity index (χ3v) is 4.94. The van der Waals surface area contributed by atoms with Crippen LogP contribution < -0.4 is 20.7 Å². The molecule has 10 heteroatoms. The van der Waals surface area contributed by atoms with Crippen LogP contribution in [0.15, 0.2) is 64.9 Å². The third-order valence-electron chi connectivity index (χ3n) is 4.94. The van der Waals surface area contributed by atoms with Crippen LogP contribution in [0.5, 0.6) is 5.75 Å². The monoisotopic (exact) mass is 498 g/mol. The Morgan fingerprint density at radius 1 is 1.17 bits per heavy atom. The highest BCUT2D eigenvalue weighted by Crippen LogP contribution is 2.25. The van der Waals surface area contributed by atoms with Crippen molar-refractivity contribution in [3.63, 3.8) is 0 Å². The van der Waals surface area contributed by atoms with Crippen LogP contribution in [0.2, 0.25) is 0 Å². The molecule has 1 heterocycles. The van der Waals surface area contributed by atoms with Gasteiger partial charge in [0.25, 0.3) is 6.01 Å². The molecule has 0 radical (unpaired) electrons. The van der Waals surface area contributed by atoms with E-state index < -0.39 is 17.7 Å². The zero-order chi connectivity index (χ0) is 26.1. The van der Waals surface area contributed by atoms with Gasteiger partial charge in [-0.15, -0.1) is 0 Å². The van der Waals surface area contributed by atoms with Crippen LogP contribution >= 0.6 is 0 Å². The van der Waals surface area contributed by atoms with E-state index in [0.717, 1.165) is 5.56 Å². The number of amides is 2. The maximum absolute atomic E-state index is 13.3. The number of nitrogens with one attached hydrogen (secondary N) is 3. The topological polar surface area (TPSA) is 115 Å². The van der Waals surface area contributed by atoms with Gasteiger partial charge in [-0.05, 0) is 38.5 Å². The lowest BCUT2D eigenvalue weighted by Crippen LogP contribution is -2.39. The zero-order valence-electron chi connectivity index (χ0n) is 20.8. The highest BCUT2D eigenvalue weighted by molar-refractivity contribution is 5.85. The summed E-state index contributed by atoms with van der Waals surface area (Å²) >= 11 is 0. The van der Waals surface area contributed by atoms with Gasteiger partial charge >= 0.3 is 6.09 Å². The Morgan fingerprint density at radius 2 is 1.92 bits per heavy atom. The van der Waals surface area contributed by atoms with Crippen molar-refractivity contribution in [2.75, 3.05) is 25.5 Å². The first-order valence-corrected chi connectivity index (χ1v) is 11.5. The van der Waals surface area contributed by atoms with E-state index in [-0.39, 0.29) is 30.6 Å². The Morgan fingerprint density at radius 3 is 2.58 bits per heavy atom. The molecule has 0 aliphatic carbocycles. The van der Waals surface area contributed by atoms with Gasteiger partial charge in [0, 0.05) is 31.7 Å². The van der Waals surface area contributed by atoms with Gasteiger partial charge in [0.05, 0.1) is 6.33 Å². The highest BCUT2D eigenvalue weighted by atomic mass is 19.1. The number of halogens is 1. The molecule has 0 fully saturated rings. The van der Waals surface area contributed by atoms with Gasteiger partial charge in [0.2, 0.25) is 5.91 Å². The summed E-state index contributed by atoms with van der Waals surface area (Å²) in [6, 6.07) is 14.2. The first-order valence-electron chi connectivity index (χ1n) is 11.5. The predicted octanol–water partition coefficient (Wildman–Crippen LogP) is 4.35. The van der Waals surface area contributed by atoms with Crippen molar-refractivity contribution >= 4 is 29.1 Å². The van der Waals surface area contributed by atoms with Crippen LogP contribution in [0.3, 0.4) is 0 Å². The third kappa shape index (κ3) is 8.00. The maximum Gasteiger partial charge on any atom is 0.407 e. The lowest BCUT2D eigenvalue weighted by Gasteiger charge is -2.20. The summed E-state index contributed by atoms with van der Waals surface area (Å²) in [5, 5.41) is 8.19. The van der Waals surface area contributed by atoms with Gasteiger partial charge in [0.1, 0.15) is 29.5 Å². The van der Waals surface area contributed by atoms with Crippen LogP contribution in [0, 0.1) is 0 Å². The van der Waals surface area contributed by atoms with E-state index in [2.05, 4.69) is 20.9 Å². The molecular weight excluding hydrogens is 467 g/mol. The molecule has 0 bridgehead atoms. The van der Waals surface area contributed by atoms with Crippen molar-refractivity contribution in [2.45, 2.75) is 38.8 Å². The number of benzene rings is 2. The minimum Gasteiger partial charge on any atom is -0.489 e. The Hall–Kier alpha value is -4.08. The van der Waals surface area contributed by atoms with E-state index in [1.54, 1.807) is 46.0 Å². The molecule has 0 aliphatic heterocycles. The Labute approximate surface area is 209 Å². The SMILES string of the molecule is CNC(=O)C(Cc1ccccc1)Nc1nc2ccc(OCC(=CF)CNC(=O)OC(C)(C)C)cc2o1. The number of ether oxygens (including phenoxy) is 2. The molecule has 9 nitrogen and oxygen atoms in total. The van der Waals surface area contributed by atoms with Crippen LogP contribution in [-0.2, 0) is 16.0 Å². The number of likely N-dealkylation sites (N-methyl/N-ethyl adjacent to an activating group) is 1. The summed E-state index contributed by atoms with van der Waals surface area (Å²) < 4.78 is 29.8. The summed E-state index contributed by atoms with van der Waals surface area (Å²) in [5.41, 5.74) is 1.55. The van der Waals surface area contributed by atoms with Gasteiger partial charge in [-0.2, -0.15) is 4.98 Å². The largest absolute Gasteiger partial charge is 0.489 e. The van der Waals surface area contributed by atoms with Crippen LogP contribution in [0.25, 0.3) is 11.1 Å². The second-order valence-electron chi connectivity index (χ2n) is 9.06. The quantitative estimate of drug-likeness (QED) is 0.381. The number of oxazole rings is 1. The van der Waals surface area contributed by atoms with E-state index in [1.807, 2.05) is 30.3 Å². The molecule has 0 spiro atoms. The number of alkyl carbamates (subject to hydrolysis) is 1. The normalized spacial score (nSPS) is 12.6. The number of rotatable bonds is 10. The van der Waals surface area contributed by atoms with Gasteiger partial charge in [0.15, 0.2) is 5.58 Å². The van der Waals surface area contributed by atoms with Crippen LogP contribution in [-0.4, -0.2) is 48.8 Å². The number of nitrogens with zero attached hydrogens (tertiary/aromatic N) is 1. The summed E-state index contributed by atoms with van der Waals surface area (Å²) in [7, 11) is 1.57. The van der Waals surface area contributed by atoms with Crippen molar-refractivity contribution in [2.24, 2.45) is 0 Å². The lowest BCUT2D eigenvalue weighted by molar-refractivity contribution is -0.121. The number of fused-ring (bicyclic) bond motifs is 1. The number of hydrogen-bond donors (Lipinski definition) is 3. The smallest absolute Gasteiger partial charge is 0.407 e. The number of aromatic nitrogens is 1. The Balaban J connectivity index is 1.61. The predicted molar refractivity (Wildman–Crippen MR) is 135 cm³/mol. The first-order chi connectivity index (χ1) is 17.2. The van der Waals surface area contributed by atoms with E-state index in [1.165, 1.54) is 0 Å². The molecule has 0 aliphatic rings. The van der Waals surface area contributed by atoms with Crippen molar-refractivity contribution in [1.29, 1.82) is 0 Å². The molecule has 2 aromatic carbocycles. The van der Waals surface area contributed by atoms with Crippen LogP contribution in [0.1, 0.15) is 26.3 Å². The maximum atomic E-state index is 13.3. The van der Waals surface area contributed by atoms with Gasteiger partial charge in [-0.1, -0.05) is 30.3 Å². The molecule has 2 amide bonds. The number of carbonyl (C=O) groups excluding carboxylic acids is 2. The van der Waals surface area contributed by atoms with E-state index in [9.17, 15) is 14.0 Å². The Kier molecular flexibility index (Phi) is 8.88. The average molecular weight is 499 g/mol. The highest BCUT2D eigenvalue weighted by Gasteiger charge is 2.20. The second kappa shape index (κ2) is 12.1. The molecule has 3 aromatic rings. The average Bonchev–Trinajstić information content (AvgIpc) is 3.24. The molecule has 0 saturated carbocycles. The summed E-state index contributed by atoms with van der Waals surface area (Å²) in [6.45, 7) is 5.07. The molecule has 0 saturated heterocycles. The zero-order valence-corrected chi connectivity index (χ0v) is 20.8. The minimum absolute atomic E-state index is 0.0632. The summed E-state index contributed by atoms with van der Waals surface area (Å²) in [6.07, 6.45) is 0.189. The fraction of sp³-hybridized carbons (Fsp3) is 0.346. The second-order valence-corrected chi connectivity index (χ2v) is 9.06. The van der Waals surface area contributed by atoms with E-state index in [0.29, 0.717) is 29.6 Å². The molecule has 3 N–H and O–H groups in total. The number of anilines is 1. The van der Waals surface area contributed by atoms with Crippen LogP contribution in [0.4, 0.5) is 15.2 Å². The number of carbonyl (C=O) groups is 2. The molecule has 1 unspecified atom stereocenters. The van der Waals surface area contributed by atoms with Gasteiger partial charge in [-0.25, -0.2) is 9.18 Å². The van der Waals surface area contributed by atoms with Crippen molar-refractivity contribution in [3.8, 4) is 5.75 Å². The first kappa shape index (κ1) is 26.5. The van der Waals surface area contributed by atoms with Crippen molar-refractivity contribution < 1.29 is 27.9 Å². The van der Waals surface area contributed by atoms with Crippen molar-refractivity contribution in [3.05, 3.63) is 66.0 Å². The van der Waals surface area contributed by atoms with Gasteiger partial charge in [-0.3, -0.25) is 4.79 Å². The molecule has 3 rings (SSSR count). The fourth-order valence-electron chi connectivity index (χ4n) is 3.24. The Bertz CT molecular complexity index is 1200. The molecule has 1 atom stereocenters. The molecule has 36 heavy (non-hydrogen) atoms. The van der Waals surface area contributed by atoms with E-state index >= 15 is 0 Å². The minimum atomic E-state index is -0.651. The number of hydrogen-bond acceptors (Lipinski definition) is 7. The molecular formula is C26H31FN4O5. The molecule has 1 aromatic heterocycles. The summed E-state index contributed by atoms with van der Waals surface area (Å²) in [4.78, 5) is 28.6. The fourth-order valence-corrected chi connectivity index (χ4v) is 3.24. The molecule has 192 valence electrons. The summed E-state index contributed by atoms with van der Waals surface area (Å²) in [5.74, 6) is 0.226. The van der Waals surface area contributed by atoms with Gasteiger partial charge < -0.3 is 29.8 Å².